The van der Waals surface area contributed by atoms with E-state index in [0.717, 1.165) is 21.9 Å². The zero-order valence-electron chi connectivity index (χ0n) is 11.4. The summed E-state index contributed by atoms with van der Waals surface area (Å²) < 4.78 is 3.45. The van der Waals surface area contributed by atoms with Gasteiger partial charge in [-0.25, -0.2) is 14.2 Å². The van der Waals surface area contributed by atoms with Crippen molar-refractivity contribution in [2.45, 2.75) is 18.5 Å². The largest absolute Gasteiger partial charge is 0.335 e. The standard InChI is InChI=1S/C15H15N3OS/c1-11-16-9-13-8-14(20-2)17(15(19)18(11)13)10-12-6-4-3-5-7-12/h3-9H,10H2,1-2H3. The minimum absolute atomic E-state index is 0.0364. The Morgan fingerprint density at radius 2 is 2.00 bits per heavy atom. The van der Waals surface area contributed by atoms with Gasteiger partial charge in [0, 0.05) is 0 Å². The molecular formula is C15H15N3OS. The quantitative estimate of drug-likeness (QED) is 0.548. The molecule has 0 aliphatic carbocycles. The van der Waals surface area contributed by atoms with Gasteiger partial charge < -0.3 is 0 Å². The maximum absolute atomic E-state index is 12.7. The second kappa shape index (κ2) is 5.17. The molecule has 5 heteroatoms. The van der Waals surface area contributed by atoms with Crippen molar-refractivity contribution in [1.29, 1.82) is 0 Å². The molecule has 2 aromatic heterocycles. The van der Waals surface area contributed by atoms with E-state index in [1.165, 1.54) is 0 Å². The summed E-state index contributed by atoms with van der Waals surface area (Å²) in [5, 5.41) is 0.950. The van der Waals surface area contributed by atoms with Crippen LogP contribution in [0.15, 0.2) is 52.4 Å². The monoisotopic (exact) mass is 285 g/mol. The van der Waals surface area contributed by atoms with Crippen LogP contribution in [0.3, 0.4) is 0 Å². The summed E-state index contributed by atoms with van der Waals surface area (Å²) in [5.41, 5.74) is 1.92. The number of aryl methyl sites for hydroxylation is 1. The van der Waals surface area contributed by atoms with Gasteiger partial charge in [-0.1, -0.05) is 30.3 Å². The van der Waals surface area contributed by atoms with E-state index in [2.05, 4.69) is 4.98 Å². The fourth-order valence-corrected chi connectivity index (χ4v) is 2.91. The van der Waals surface area contributed by atoms with Gasteiger partial charge in [0.2, 0.25) is 0 Å². The summed E-state index contributed by atoms with van der Waals surface area (Å²) in [4.78, 5) is 16.9. The van der Waals surface area contributed by atoms with Crippen molar-refractivity contribution in [3.63, 3.8) is 0 Å². The molecule has 0 saturated heterocycles. The van der Waals surface area contributed by atoms with Gasteiger partial charge in [-0.05, 0) is 24.8 Å². The summed E-state index contributed by atoms with van der Waals surface area (Å²) in [6.07, 6.45) is 3.72. The Morgan fingerprint density at radius 1 is 1.25 bits per heavy atom. The van der Waals surface area contributed by atoms with Crippen LogP contribution in [0.2, 0.25) is 0 Å². The van der Waals surface area contributed by atoms with Crippen LogP contribution in [-0.2, 0) is 6.54 Å². The van der Waals surface area contributed by atoms with Crippen molar-refractivity contribution >= 4 is 17.3 Å². The third-order valence-electron chi connectivity index (χ3n) is 3.32. The highest BCUT2D eigenvalue weighted by molar-refractivity contribution is 7.98. The van der Waals surface area contributed by atoms with Crippen molar-refractivity contribution in [2.24, 2.45) is 0 Å². The second-order valence-corrected chi connectivity index (χ2v) is 5.43. The Kier molecular flexibility index (Phi) is 3.36. The molecule has 1 aromatic carbocycles. The molecule has 0 unspecified atom stereocenters. The minimum atomic E-state index is -0.0364. The highest BCUT2D eigenvalue weighted by Crippen LogP contribution is 2.17. The van der Waals surface area contributed by atoms with Crippen LogP contribution in [0.1, 0.15) is 11.4 Å². The third-order valence-corrected chi connectivity index (χ3v) is 4.07. The number of benzene rings is 1. The molecule has 0 N–H and O–H groups in total. The van der Waals surface area contributed by atoms with Gasteiger partial charge in [-0.3, -0.25) is 4.57 Å². The Hall–Kier alpha value is -2.01. The lowest BCUT2D eigenvalue weighted by Gasteiger charge is -2.12. The third kappa shape index (κ3) is 2.14. The molecule has 0 spiro atoms. The van der Waals surface area contributed by atoms with E-state index < -0.39 is 0 Å². The van der Waals surface area contributed by atoms with E-state index in [9.17, 15) is 4.79 Å². The van der Waals surface area contributed by atoms with Crippen molar-refractivity contribution in [1.82, 2.24) is 14.0 Å². The van der Waals surface area contributed by atoms with Crippen LogP contribution >= 0.6 is 11.8 Å². The summed E-state index contributed by atoms with van der Waals surface area (Å²) in [5.74, 6) is 0.722. The highest BCUT2D eigenvalue weighted by Gasteiger charge is 2.11. The molecular weight excluding hydrogens is 270 g/mol. The first kappa shape index (κ1) is 13.0. The van der Waals surface area contributed by atoms with Gasteiger partial charge in [0.25, 0.3) is 0 Å². The Labute approximate surface area is 121 Å². The first-order chi connectivity index (χ1) is 9.70. The number of aromatic nitrogens is 3. The molecule has 0 aliphatic rings. The number of imidazole rings is 1. The van der Waals surface area contributed by atoms with E-state index >= 15 is 0 Å². The Morgan fingerprint density at radius 3 is 2.70 bits per heavy atom. The molecule has 0 bridgehead atoms. The summed E-state index contributed by atoms with van der Waals surface area (Å²) in [6.45, 7) is 2.42. The molecule has 2 heterocycles. The molecule has 3 aromatic rings. The number of rotatable bonds is 3. The summed E-state index contributed by atoms with van der Waals surface area (Å²) in [7, 11) is 0. The first-order valence-electron chi connectivity index (χ1n) is 6.36. The van der Waals surface area contributed by atoms with Gasteiger partial charge in [0.15, 0.2) is 0 Å². The molecule has 0 aliphatic heterocycles. The molecule has 0 saturated carbocycles. The highest BCUT2D eigenvalue weighted by atomic mass is 32.2. The molecule has 3 rings (SSSR count). The fraction of sp³-hybridized carbons (Fsp3) is 0.200. The van der Waals surface area contributed by atoms with Crippen LogP contribution in [0.4, 0.5) is 0 Å². The second-order valence-electron chi connectivity index (χ2n) is 4.61. The van der Waals surface area contributed by atoms with E-state index in [1.807, 2.05) is 49.6 Å². The van der Waals surface area contributed by atoms with Gasteiger partial charge >= 0.3 is 5.69 Å². The summed E-state index contributed by atoms with van der Waals surface area (Å²) in [6, 6.07) is 12.0. The molecule has 0 fully saturated rings. The van der Waals surface area contributed by atoms with Crippen LogP contribution < -0.4 is 5.69 Å². The number of hydrogen-bond donors (Lipinski definition) is 0. The van der Waals surface area contributed by atoms with Crippen molar-refractivity contribution in [3.05, 3.63) is 64.5 Å². The van der Waals surface area contributed by atoms with E-state index in [-0.39, 0.29) is 5.69 Å². The smallest absolute Gasteiger partial charge is 0.283 e. The van der Waals surface area contributed by atoms with Crippen molar-refractivity contribution in [2.75, 3.05) is 6.26 Å². The number of fused-ring (bicyclic) bond motifs is 1. The Balaban J connectivity index is 2.20. The van der Waals surface area contributed by atoms with Crippen molar-refractivity contribution in [3.8, 4) is 0 Å². The topological polar surface area (TPSA) is 39.3 Å². The van der Waals surface area contributed by atoms with Crippen LogP contribution in [0.25, 0.3) is 5.52 Å². The zero-order valence-corrected chi connectivity index (χ0v) is 12.2. The van der Waals surface area contributed by atoms with Gasteiger partial charge in [-0.15, -0.1) is 11.8 Å². The average Bonchev–Trinajstić information content (AvgIpc) is 2.84. The fourth-order valence-electron chi connectivity index (χ4n) is 2.31. The number of nitrogens with zero attached hydrogens (tertiary/aromatic N) is 3. The normalized spacial score (nSPS) is 11.1. The maximum Gasteiger partial charge on any atom is 0.335 e. The lowest BCUT2D eigenvalue weighted by Crippen LogP contribution is -2.28. The molecule has 0 amide bonds. The molecule has 102 valence electrons. The number of thioether (sulfide) groups is 1. The predicted octanol–water partition coefficient (Wildman–Crippen LogP) is 2.57. The Bertz CT molecular complexity index is 805. The lowest BCUT2D eigenvalue weighted by molar-refractivity contribution is 0.645. The van der Waals surface area contributed by atoms with E-state index in [1.54, 1.807) is 26.9 Å². The molecule has 4 nitrogen and oxygen atoms in total. The van der Waals surface area contributed by atoms with Gasteiger partial charge in [0.05, 0.1) is 23.3 Å². The molecule has 20 heavy (non-hydrogen) atoms. The molecule has 0 atom stereocenters. The minimum Gasteiger partial charge on any atom is -0.283 e. The van der Waals surface area contributed by atoms with Crippen LogP contribution in [0.5, 0.6) is 0 Å². The van der Waals surface area contributed by atoms with Crippen LogP contribution in [-0.4, -0.2) is 20.2 Å². The maximum atomic E-state index is 12.7. The van der Waals surface area contributed by atoms with E-state index in [4.69, 9.17) is 0 Å². The average molecular weight is 285 g/mol. The van der Waals surface area contributed by atoms with Crippen LogP contribution in [0, 0.1) is 6.92 Å². The van der Waals surface area contributed by atoms with E-state index in [0.29, 0.717) is 6.54 Å². The van der Waals surface area contributed by atoms with Gasteiger partial charge in [0.1, 0.15) is 5.82 Å². The summed E-state index contributed by atoms with van der Waals surface area (Å²) >= 11 is 1.57. The SMILES string of the molecule is CSc1cc2cnc(C)n2c(=O)n1Cc1ccccc1. The number of hydrogen-bond acceptors (Lipinski definition) is 3. The zero-order chi connectivity index (χ0) is 14.1. The van der Waals surface area contributed by atoms with Gasteiger partial charge in [-0.2, -0.15) is 0 Å². The van der Waals surface area contributed by atoms with Crippen molar-refractivity contribution < 1.29 is 0 Å². The first-order valence-corrected chi connectivity index (χ1v) is 7.59. The predicted molar refractivity (Wildman–Crippen MR) is 81.5 cm³/mol. The lowest BCUT2D eigenvalue weighted by atomic mass is 10.2. The molecule has 0 radical (unpaired) electrons.